The van der Waals surface area contributed by atoms with Crippen molar-refractivity contribution in [3.05, 3.63) is 17.7 Å². The van der Waals surface area contributed by atoms with Gasteiger partial charge in [-0.25, -0.2) is 0 Å². The third-order valence-corrected chi connectivity index (χ3v) is 4.20. The number of carbonyl (C=O) groups is 1. The summed E-state index contributed by atoms with van der Waals surface area (Å²) in [6, 6.07) is 3.41. The Morgan fingerprint density at radius 3 is 1.95 bits per heavy atom. The molecule has 108 valence electrons. The van der Waals surface area contributed by atoms with Crippen molar-refractivity contribution in [1.82, 2.24) is 0 Å². The number of methoxy groups -OCH3 is 3. The van der Waals surface area contributed by atoms with E-state index in [1.807, 2.05) is 0 Å². The summed E-state index contributed by atoms with van der Waals surface area (Å²) >= 11 is 0. The molecule has 0 bridgehead atoms. The number of ether oxygens (including phenoxy) is 3. The molecule has 0 amide bonds. The second-order valence-electron chi connectivity index (χ2n) is 4.51. The van der Waals surface area contributed by atoms with Gasteiger partial charge < -0.3 is 14.2 Å². The Bertz CT molecular complexity index is 424. The van der Waals surface area contributed by atoms with Crippen LogP contribution in [0.2, 0.25) is 0 Å². The first-order valence-corrected chi connectivity index (χ1v) is 7.32. The van der Waals surface area contributed by atoms with Gasteiger partial charge in [-0.2, -0.15) is 0 Å². The average Bonchev–Trinajstić information content (AvgIpc) is 2.42. The zero-order valence-corrected chi connectivity index (χ0v) is 13.1. The van der Waals surface area contributed by atoms with Gasteiger partial charge in [-0.1, -0.05) is 13.8 Å². The summed E-state index contributed by atoms with van der Waals surface area (Å²) in [4.78, 5) is 12.3. The van der Waals surface area contributed by atoms with Crippen LogP contribution in [-0.4, -0.2) is 51.9 Å². The van der Waals surface area contributed by atoms with Crippen molar-refractivity contribution < 1.29 is 19.0 Å². The molecule has 0 aliphatic carbocycles. The molecule has 0 fully saturated rings. The quantitative estimate of drug-likeness (QED) is 0.572. The molecule has 0 N–H and O–H groups in total. The minimum absolute atomic E-state index is 0. The van der Waals surface area contributed by atoms with Crippen LogP contribution in [0.3, 0.4) is 0 Å². The van der Waals surface area contributed by atoms with Gasteiger partial charge in [-0.3, -0.25) is 4.79 Å². The molecular weight excluding hydrogens is 270 g/mol. The first-order chi connectivity index (χ1) is 9.03. The van der Waals surface area contributed by atoms with Crippen molar-refractivity contribution in [2.45, 2.75) is 13.8 Å². The molecule has 0 aromatic heterocycles. The molecule has 1 aromatic carbocycles. The molecule has 0 saturated heterocycles. The predicted octanol–water partition coefficient (Wildman–Crippen LogP) is 2.54. The van der Waals surface area contributed by atoms with Crippen LogP contribution < -0.4 is 14.2 Å². The molecule has 0 spiro atoms. The maximum absolute atomic E-state index is 12.3. The Labute approximate surface area is 134 Å². The van der Waals surface area contributed by atoms with E-state index in [0.717, 1.165) is 6.16 Å². The van der Waals surface area contributed by atoms with Crippen LogP contribution in [-0.2, 0) is 0 Å². The second-order valence-corrected chi connectivity index (χ2v) is 5.73. The fraction of sp³-hybridized carbons (Fsp3) is 0.500. The third-order valence-electron chi connectivity index (χ3n) is 2.61. The minimum atomic E-state index is 0. The number of benzene rings is 1. The first-order valence-electron chi connectivity index (χ1n) is 6.11. The topological polar surface area (TPSA) is 44.8 Å². The van der Waals surface area contributed by atoms with E-state index in [1.54, 1.807) is 19.2 Å². The Hall–Kier alpha value is -0.683. The van der Waals surface area contributed by atoms with Gasteiger partial charge in [0.1, 0.15) is 22.8 Å². The van der Waals surface area contributed by atoms with Crippen molar-refractivity contribution in [2.24, 2.45) is 5.92 Å². The van der Waals surface area contributed by atoms with E-state index in [4.69, 9.17) is 14.2 Å². The summed E-state index contributed by atoms with van der Waals surface area (Å²) in [6.07, 6.45) is 0.872. The van der Waals surface area contributed by atoms with Crippen LogP contribution in [0, 0.1) is 5.92 Å². The van der Waals surface area contributed by atoms with E-state index in [1.165, 1.54) is 14.2 Å². The molecule has 1 aromatic rings. The van der Waals surface area contributed by atoms with E-state index < -0.39 is 0 Å². The third kappa shape index (κ3) is 5.02. The monoisotopic (exact) mass is 292 g/mol. The summed E-state index contributed by atoms with van der Waals surface area (Å²) < 4.78 is 15.7. The summed E-state index contributed by atoms with van der Waals surface area (Å²) in [6.45, 7) is 4.20. The fourth-order valence-electron chi connectivity index (χ4n) is 1.61. The Kier molecular flexibility index (Phi) is 8.97. The second kappa shape index (κ2) is 9.29. The molecule has 4 nitrogen and oxygen atoms in total. The van der Waals surface area contributed by atoms with Gasteiger partial charge in [-0.15, -0.1) is 0 Å². The summed E-state index contributed by atoms with van der Waals surface area (Å²) in [7, 11) is 4.86. The molecule has 1 atom stereocenters. The summed E-state index contributed by atoms with van der Waals surface area (Å²) in [5.41, 5.74) is 0.565. The van der Waals surface area contributed by atoms with Gasteiger partial charge in [0.25, 0.3) is 0 Å². The zero-order chi connectivity index (χ0) is 14.4. The predicted molar refractivity (Wildman–Crippen MR) is 85.6 cm³/mol. The van der Waals surface area contributed by atoms with Crippen LogP contribution in [0.1, 0.15) is 24.2 Å². The standard InChI is InChI=1S/C14H21O4P.Li.H/c1-9(2)8-19-14(15)13-11(17-4)6-10(16-3)7-12(13)18-5;;/h6-7,9,19H,8H2,1-5H3;;. The van der Waals surface area contributed by atoms with Crippen LogP contribution in [0.25, 0.3) is 0 Å². The van der Waals surface area contributed by atoms with Gasteiger partial charge in [0, 0.05) is 12.1 Å². The molecule has 0 heterocycles. The van der Waals surface area contributed by atoms with Gasteiger partial charge >= 0.3 is 18.9 Å². The fourth-order valence-corrected chi connectivity index (χ4v) is 2.63. The SMILES string of the molecule is COc1cc(OC)c(C(=O)PCC(C)C)c(OC)c1.[LiH]. The summed E-state index contributed by atoms with van der Waals surface area (Å²) in [5.74, 6) is 2.10. The molecule has 1 unspecified atom stereocenters. The van der Waals surface area contributed by atoms with Crippen LogP contribution in [0.15, 0.2) is 12.1 Å². The van der Waals surface area contributed by atoms with E-state index >= 15 is 0 Å². The Morgan fingerprint density at radius 2 is 1.60 bits per heavy atom. The summed E-state index contributed by atoms with van der Waals surface area (Å²) in [5, 5.41) is 0. The Balaban J connectivity index is 0.00000361. The van der Waals surface area contributed by atoms with E-state index in [9.17, 15) is 4.79 Å². The van der Waals surface area contributed by atoms with Crippen molar-refractivity contribution >= 4 is 33.0 Å². The number of rotatable bonds is 7. The van der Waals surface area contributed by atoms with Crippen molar-refractivity contribution in [3.63, 3.8) is 0 Å². The maximum atomic E-state index is 12.3. The molecule has 0 radical (unpaired) electrons. The molecule has 20 heavy (non-hydrogen) atoms. The van der Waals surface area contributed by atoms with Gasteiger partial charge in [0.15, 0.2) is 5.52 Å². The average molecular weight is 292 g/mol. The molecular formula is C14H22LiO4P. The number of hydrogen-bond acceptors (Lipinski definition) is 4. The van der Waals surface area contributed by atoms with Crippen molar-refractivity contribution in [2.75, 3.05) is 27.5 Å². The van der Waals surface area contributed by atoms with Crippen molar-refractivity contribution in [3.8, 4) is 17.2 Å². The molecule has 0 aliphatic heterocycles. The van der Waals surface area contributed by atoms with Gasteiger partial charge in [0.2, 0.25) is 0 Å². The van der Waals surface area contributed by atoms with Gasteiger partial charge in [0.05, 0.1) is 21.3 Å². The molecule has 0 aliphatic rings. The van der Waals surface area contributed by atoms with E-state index in [2.05, 4.69) is 13.8 Å². The van der Waals surface area contributed by atoms with Crippen LogP contribution in [0.5, 0.6) is 17.2 Å². The normalized spacial score (nSPS) is 10.5. The molecule has 1 rings (SSSR count). The van der Waals surface area contributed by atoms with E-state index in [0.29, 0.717) is 28.7 Å². The Morgan fingerprint density at radius 1 is 1.10 bits per heavy atom. The van der Waals surface area contributed by atoms with Crippen LogP contribution in [0.4, 0.5) is 0 Å². The zero-order valence-electron chi connectivity index (χ0n) is 12.1. The van der Waals surface area contributed by atoms with Gasteiger partial charge in [-0.05, 0) is 20.7 Å². The number of hydrogen-bond donors (Lipinski definition) is 0. The van der Waals surface area contributed by atoms with Crippen molar-refractivity contribution in [1.29, 1.82) is 0 Å². The first kappa shape index (κ1) is 19.3. The molecule has 6 heteroatoms. The molecule has 0 saturated carbocycles. The van der Waals surface area contributed by atoms with Crippen LogP contribution >= 0.6 is 8.58 Å². The van der Waals surface area contributed by atoms with E-state index in [-0.39, 0.29) is 33.0 Å². The number of carbonyl (C=O) groups excluding carboxylic acids is 1.